The molecule has 0 saturated carbocycles. The van der Waals surface area contributed by atoms with Crippen LogP contribution in [0, 0.1) is 10.5 Å². The first-order chi connectivity index (χ1) is 8.61. The molecular weight excluding hydrogens is 361 g/mol. The van der Waals surface area contributed by atoms with Gasteiger partial charge >= 0.3 is 0 Å². The van der Waals surface area contributed by atoms with E-state index in [1.807, 2.05) is 25.1 Å². The van der Waals surface area contributed by atoms with Crippen LogP contribution in [-0.4, -0.2) is 15.0 Å². The van der Waals surface area contributed by atoms with Gasteiger partial charge < -0.3 is 0 Å². The molecule has 2 rings (SSSR count). The van der Waals surface area contributed by atoms with Gasteiger partial charge in [-0.1, -0.05) is 31.0 Å². The Kier molecular flexibility index (Phi) is 4.50. The summed E-state index contributed by atoms with van der Waals surface area (Å²) >= 11 is 8.35. The van der Waals surface area contributed by atoms with Crippen molar-refractivity contribution in [1.29, 1.82) is 0 Å². The minimum atomic E-state index is 0.507. The first-order valence-electron chi connectivity index (χ1n) is 5.77. The van der Waals surface area contributed by atoms with Crippen molar-refractivity contribution in [3.8, 4) is 11.5 Å². The van der Waals surface area contributed by atoms with Gasteiger partial charge in [-0.05, 0) is 48.1 Å². The summed E-state index contributed by atoms with van der Waals surface area (Å²) in [5.74, 6) is 0.604. The number of hydrogen-bond acceptors (Lipinski definition) is 3. The number of aromatic nitrogens is 3. The average Bonchev–Trinajstić information content (AvgIpc) is 2.35. The smallest absolute Gasteiger partial charge is 0.179 e. The lowest BCUT2D eigenvalue weighted by atomic mass is 10.2. The van der Waals surface area contributed by atoms with Crippen molar-refractivity contribution in [3.63, 3.8) is 0 Å². The quantitative estimate of drug-likeness (QED) is 0.601. The number of aryl methyl sites for hydroxylation is 2. The molecule has 2 aromatic rings. The SMILES string of the molecule is CCCc1nc(-c2cccc(C)n2)nc(Cl)c1I. The standard InChI is InChI=1S/C13H13ClIN3/c1-3-5-9-11(15)12(14)18-13(17-9)10-7-4-6-8(2)16-10/h4,6-7H,3,5H2,1-2H3. The average molecular weight is 374 g/mol. The van der Waals surface area contributed by atoms with Crippen molar-refractivity contribution in [2.45, 2.75) is 26.7 Å². The molecule has 0 aromatic carbocycles. The summed E-state index contributed by atoms with van der Waals surface area (Å²) in [5.41, 5.74) is 2.71. The topological polar surface area (TPSA) is 38.7 Å². The number of hydrogen-bond donors (Lipinski definition) is 0. The Morgan fingerprint density at radius 2 is 2.00 bits per heavy atom. The summed E-state index contributed by atoms with van der Waals surface area (Å²) in [6.45, 7) is 4.07. The molecule has 0 aliphatic carbocycles. The molecular formula is C13H13ClIN3. The van der Waals surface area contributed by atoms with Crippen molar-refractivity contribution >= 4 is 34.2 Å². The van der Waals surface area contributed by atoms with Crippen molar-refractivity contribution < 1.29 is 0 Å². The zero-order valence-corrected chi connectivity index (χ0v) is 13.2. The van der Waals surface area contributed by atoms with E-state index in [0.717, 1.165) is 33.5 Å². The zero-order valence-electron chi connectivity index (χ0n) is 10.2. The highest BCUT2D eigenvalue weighted by Crippen LogP contribution is 2.23. The fourth-order valence-corrected chi connectivity index (χ4v) is 2.35. The molecule has 0 aliphatic heterocycles. The van der Waals surface area contributed by atoms with Gasteiger partial charge in [0.2, 0.25) is 0 Å². The highest BCUT2D eigenvalue weighted by Gasteiger charge is 2.12. The summed E-state index contributed by atoms with van der Waals surface area (Å²) in [6.07, 6.45) is 1.93. The maximum atomic E-state index is 6.16. The molecule has 18 heavy (non-hydrogen) atoms. The summed E-state index contributed by atoms with van der Waals surface area (Å²) in [6, 6.07) is 5.80. The molecule has 0 fully saturated rings. The lowest BCUT2D eigenvalue weighted by Gasteiger charge is -2.07. The van der Waals surface area contributed by atoms with Crippen LogP contribution in [0.3, 0.4) is 0 Å². The van der Waals surface area contributed by atoms with Gasteiger partial charge in [0.05, 0.1) is 9.26 Å². The molecule has 5 heteroatoms. The summed E-state index contributed by atoms with van der Waals surface area (Å²) in [5, 5.41) is 0.507. The number of rotatable bonds is 3. The minimum absolute atomic E-state index is 0.507. The second-order valence-electron chi connectivity index (χ2n) is 4.01. The van der Waals surface area contributed by atoms with E-state index in [0.29, 0.717) is 11.0 Å². The van der Waals surface area contributed by atoms with E-state index in [1.54, 1.807) is 0 Å². The molecule has 0 unspecified atom stereocenters. The number of nitrogens with zero attached hydrogens (tertiary/aromatic N) is 3. The van der Waals surface area contributed by atoms with Crippen LogP contribution in [0.5, 0.6) is 0 Å². The molecule has 3 nitrogen and oxygen atoms in total. The Bertz CT molecular complexity index is 572. The van der Waals surface area contributed by atoms with Gasteiger partial charge in [0.25, 0.3) is 0 Å². The Labute approximate surface area is 125 Å². The monoisotopic (exact) mass is 373 g/mol. The van der Waals surface area contributed by atoms with Crippen LogP contribution in [0.4, 0.5) is 0 Å². The minimum Gasteiger partial charge on any atom is -0.250 e. The van der Waals surface area contributed by atoms with Crippen LogP contribution in [0.15, 0.2) is 18.2 Å². The number of pyridine rings is 1. The fourth-order valence-electron chi connectivity index (χ4n) is 1.65. The van der Waals surface area contributed by atoms with E-state index in [-0.39, 0.29) is 0 Å². The second kappa shape index (κ2) is 5.93. The van der Waals surface area contributed by atoms with Gasteiger partial charge in [-0.3, -0.25) is 0 Å². The maximum Gasteiger partial charge on any atom is 0.179 e. The van der Waals surface area contributed by atoms with Crippen molar-refractivity contribution in [2.75, 3.05) is 0 Å². The van der Waals surface area contributed by atoms with Gasteiger partial charge in [-0.2, -0.15) is 0 Å². The molecule has 94 valence electrons. The van der Waals surface area contributed by atoms with Crippen molar-refractivity contribution in [3.05, 3.63) is 38.3 Å². The largest absolute Gasteiger partial charge is 0.250 e. The predicted molar refractivity (Wildman–Crippen MR) is 81.7 cm³/mol. The fraction of sp³-hybridized carbons (Fsp3) is 0.308. The van der Waals surface area contributed by atoms with E-state index in [1.165, 1.54) is 0 Å². The highest BCUT2D eigenvalue weighted by molar-refractivity contribution is 14.1. The molecule has 0 bridgehead atoms. The second-order valence-corrected chi connectivity index (χ2v) is 5.45. The molecule has 0 spiro atoms. The first kappa shape index (κ1) is 13.7. The van der Waals surface area contributed by atoms with Gasteiger partial charge in [0.15, 0.2) is 5.82 Å². The molecule has 0 aliphatic rings. The van der Waals surface area contributed by atoms with Crippen LogP contribution in [0.1, 0.15) is 24.7 Å². The lowest BCUT2D eigenvalue weighted by Crippen LogP contribution is -2.01. The van der Waals surface area contributed by atoms with Crippen LogP contribution in [0.25, 0.3) is 11.5 Å². The molecule has 2 heterocycles. The Morgan fingerprint density at radius 1 is 1.22 bits per heavy atom. The van der Waals surface area contributed by atoms with E-state index < -0.39 is 0 Å². The van der Waals surface area contributed by atoms with Gasteiger partial charge in [0.1, 0.15) is 10.8 Å². The van der Waals surface area contributed by atoms with Crippen molar-refractivity contribution in [2.24, 2.45) is 0 Å². The van der Waals surface area contributed by atoms with Gasteiger partial charge in [-0.15, -0.1) is 0 Å². The Balaban J connectivity index is 2.51. The molecule has 2 aromatic heterocycles. The van der Waals surface area contributed by atoms with Crippen molar-refractivity contribution in [1.82, 2.24) is 15.0 Å². The maximum absolute atomic E-state index is 6.16. The Morgan fingerprint density at radius 3 is 2.67 bits per heavy atom. The van der Waals surface area contributed by atoms with E-state index in [2.05, 4.69) is 44.5 Å². The van der Waals surface area contributed by atoms with E-state index >= 15 is 0 Å². The van der Waals surface area contributed by atoms with Crippen LogP contribution in [0.2, 0.25) is 5.15 Å². The predicted octanol–water partition coefficient (Wildman–Crippen LogP) is 4.06. The molecule has 0 radical (unpaired) electrons. The molecule has 0 amide bonds. The first-order valence-corrected chi connectivity index (χ1v) is 7.23. The Hall–Kier alpha value is -0.750. The normalized spacial score (nSPS) is 10.7. The third-order valence-corrected chi connectivity index (χ3v) is 4.21. The summed E-state index contributed by atoms with van der Waals surface area (Å²) in [7, 11) is 0. The highest BCUT2D eigenvalue weighted by atomic mass is 127. The van der Waals surface area contributed by atoms with Crippen LogP contribution in [-0.2, 0) is 6.42 Å². The summed E-state index contributed by atoms with van der Waals surface area (Å²) < 4.78 is 0.938. The zero-order chi connectivity index (χ0) is 13.1. The summed E-state index contributed by atoms with van der Waals surface area (Å²) in [4.78, 5) is 13.3. The van der Waals surface area contributed by atoms with E-state index in [9.17, 15) is 0 Å². The third kappa shape index (κ3) is 2.98. The molecule has 0 saturated heterocycles. The third-order valence-electron chi connectivity index (χ3n) is 2.48. The number of halogens is 2. The van der Waals surface area contributed by atoms with Crippen LogP contribution >= 0.6 is 34.2 Å². The van der Waals surface area contributed by atoms with Gasteiger partial charge in [0, 0.05) is 5.69 Å². The molecule has 0 N–H and O–H groups in total. The molecule has 0 atom stereocenters. The lowest BCUT2D eigenvalue weighted by molar-refractivity contribution is 0.865. The van der Waals surface area contributed by atoms with Crippen LogP contribution < -0.4 is 0 Å². The van der Waals surface area contributed by atoms with E-state index in [4.69, 9.17) is 11.6 Å². The van der Waals surface area contributed by atoms with Gasteiger partial charge in [-0.25, -0.2) is 15.0 Å².